The molecule has 0 fully saturated rings. The smallest absolute Gasteiger partial charge is 0.333 e. The van der Waals surface area contributed by atoms with E-state index in [2.05, 4.69) is 25.9 Å². The van der Waals surface area contributed by atoms with Gasteiger partial charge in [0.1, 0.15) is 5.69 Å². The number of halogens is 2. The number of imidazole rings is 1. The van der Waals surface area contributed by atoms with E-state index >= 15 is 0 Å². The number of aromatic hydroxyl groups is 1. The molecule has 2 heterocycles. The van der Waals surface area contributed by atoms with E-state index in [4.69, 9.17) is 11.6 Å². The van der Waals surface area contributed by atoms with Crippen molar-refractivity contribution in [2.45, 2.75) is 0 Å². The first kappa shape index (κ1) is 15.9. The van der Waals surface area contributed by atoms with Gasteiger partial charge in [-0.3, -0.25) is 4.99 Å². The van der Waals surface area contributed by atoms with Crippen LogP contribution in [0.3, 0.4) is 0 Å². The van der Waals surface area contributed by atoms with Crippen LogP contribution in [0.25, 0.3) is 17.3 Å². The van der Waals surface area contributed by atoms with Crippen molar-refractivity contribution in [2.24, 2.45) is 4.99 Å². The second kappa shape index (κ2) is 6.06. The summed E-state index contributed by atoms with van der Waals surface area (Å²) in [4.78, 5) is 19.3. The van der Waals surface area contributed by atoms with Gasteiger partial charge in [0, 0.05) is 26.8 Å². The molecule has 7 heteroatoms. The number of aromatic nitrogens is 2. The van der Waals surface area contributed by atoms with Crippen molar-refractivity contribution in [1.29, 1.82) is 0 Å². The highest BCUT2D eigenvalue weighted by Crippen LogP contribution is 2.35. The maximum absolute atomic E-state index is 12.3. The topological polar surface area (TPSA) is 70.4 Å². The Morgan fingerprint density at radius 3 is 2.72 bits per heavy atom. The third kappa shape index (κ3) is 2.83. The molecule has 1 aliphatic rings. The van der Waals surface area contributed by atoms with E-state index in [0.717, 1.165) is 21.3 Å². The van der Waals surface area contributed by atoms with Crippen LogP contribution in [0, 0.1) is 0 Å². The van der Waals surface area contributed by atoms with Gasteiger partial charge in [0.25, 0.3) is 0 Å². The van der Waals surface area contributed by atoms with Crippen LogP contribution >= 0.6 is 27.5 Å². The summed E-state index contributed by atoms with van der Waals surface area (Å²) in [6, 6.07) is 12.4. The third-order valence-electron chi connectivity index (χ3n) is 3.89. The number of allylic oxidation sites excluding steroid dienone is 1. The fourth-order valence-electron chi connectivity index (χ4n) is 2.71. The average molecular weight is 417 g/mol. The van der Waals surface area contributed by atoms with Gasteiger partial charge < -0.3 is 10.1 Å². The molecule has 0 atom stereocenters. The predicted octanol–water partition coefficient (Wildman–Crippen LogP) is 4.54. The monoisotopic (exact) mass is 415 g/mol. The summed E-state index contributed by atoms with van der Waals surface area (Å²) in [6.07, 6.45) is 3.40. The lowest BCUT2D eigenvalue weighted by atomic mass is 10.1. The number of aliphatic imine (C=N–C) groups is 1. The first-order chi connectivity index (χ1) is 12.0. The molecular weight excluding hydrogens is 406 g/mol. The molecule has 1 aromatic heterocycles. The molecular formula is C18H11BrClN3O2. The Balaban J connectivity index is 1.81. The van der Waals surface area contributed by atoms with Gasteiger partial charge in [-0.1, -0.05) is 27.5 Å². The van der Waals surface area contributed by atoms with Crippen molar-refractivity contribution in [3.05, 3.63) is 73.7 Å². The fraction of sp³-hybridized carbons (Fsp3) is 0. The van der Waals surface area contributed by atoms with Crippen molar-refractivity contribution >= 4 is 51.1 Å². The van der Waals surface area contributed by atoms with Gasteiger partial charge in [-0.25, -0.2) is 9.36 Å². The molecule has 0 amide bonds. The molecule has 2 N–H and O–H groups in total. The number of nitrogens with zero attached hydrogens (tertiary/aromatic N) is 2. The summed E-state index contributed by atoms with van der Waals surface area (Å²) in [6.45, 7) is 0. The Morgan fingerprint density at radius 1 is 1.20 bits per heavy atom. The summed E-state index contributed by atoms with van der Waals surface area (Å²) in [5.74, 6) is -0.170. The van der Waals surface area contributed by atoms with E-state index in [-0.39, 0.29) is 5.88 Å². The lowest BCUT2D eigenvalue weighted by Gasteiger charge is -2.03. The quantitative estimate of drug-likeness (QED) is 0.644. The summed E-state index contributed by atoms with van der Waals surface area (Å²) in [5, 5.41) is 11.0. The highest BCUT2D eigenvalue weighted by atomic mass is 79.9. The summed E-state index contributed by atoms with van der Waals surface area (Å²) >= 11 is 9.31. The minimum atomic E-state index is -0.434. The number of rotatable bonds is 2. The molecule has 0 radical (unpaired) electrons. The van der Waals surface area contributed by atoms with Crippen LogP contribution in [0.1, 0.15) is 11.3 Å². The Kier molecular flexibility index (Phi) is 3.86. The largest absolute Gasteiger partial charge is 0.493 e. The first-order valence-electron chi connectivity index (χ1n) is 7.38. The molecule has 0 saturated heterocycles. The zero-order chi connectivity index (χ0) is 17.6. The van der Waals surface area contributed by atoms with Crippen LogP contribution in [0.2, 0.25) is 5.02 Å². The van der Waals surface area contributed by atoms with Crippen molar-refractivity contribution in [3.8, 4) is 11.6 Å². The molecule has 0 unspecified atom stereocenters. The Morgan fingerprint density at radius 2 is 1.96 bits per heavy atom. The van der Waals surface area contributed by atoms with Crippen molar-refractivity contribution in [1.82, 2.24) is 9.55 Å². The van der Waals surface area contributed by atoms with E-state index < -0.39 is 5.69 Å². The van der Waals surface area contributed by atoms with Crippen molar-refractivity contribution in [2.75, 3.05) is 0 Å². The summed E-state index contributed by atoms with van der Waals surface area (Å²) < 4.78 is 2.12. The third-order valence-corrected chi connectivity index (χ3v) is 4.64. The molecule has 0 spiro atoms. The maximum Gasteiger partial charge on any atom is 0.333 e. The second-order valence-electron chi connectivity index (χ2n) is 5.50. The van der Waals surface area contributed by atoms with Gasteiger partial charge in [0.05, 0.1) is 11.4 Å². The normalized spacial score (nSPS) is 14.2. The van der Waals surface area contributed by atoms with Gasteiger partial charge in [0.2, 0.25) is 5.88 Å². The summed E-state index contributed by atoms with van der Waals surface area (Å²) in [7, 11) is 0. The van der Waals surface area contributed by atoms with Gasteiger partial charge in [0.15, 0.2) is 0 Å². The Hall–Kier alpha value is -2.57. The summed E-state index contributed by atoms with van der Waals surface area (Å²) in [5.41, 5.74) is 2.97. The molecule has 25 heavy (non-hydrogen) atoms. The number of H-pyrrole nitrogens is 1. The lowest BCUT2D eigenvalue weighted by molar-refractivity contribution is 0.440. The van der Waals surface area contributed by atoms with E-state index in [1.807, 2.05) is 18.2 Å². The minimum Gasteiger partial charge on any atom is -0.493 e. The molecule has 4 rings (SSSR count). The Labute approximate surface area is 156 Å². The van der Waals surface area contributed by atoms with Crippen LogP contribution in [0.4, 0.5) is 5.69 Å². The average Bonchev–Trinajstić information content (AvgIpc) is 3.10. The van der Waals surface area contributed by atoms with Gasteiger partial charge in [-0.2, -0.15) is 0 Å². The zero-order valence-corrected chi connectivity index (χ0v) is 15.0. The first-order valence-corrected chi connectivity index (χ1v) is 8.55. The molecule has 3 aromatic rings. The minimum absolute atomic E-state index is 0.170. The zero-order valence-electron chi connectivity index (χ0n) is 12.7. The maximum atomic E-state index is 12.3. The molecule has 0 aliphatic carbocycles. The van der Waals surface area contributed by atoms with Crippen LogP contribution in [-0.2, 0) is 0 Å². The van der Waals surface area contributed by atoms with Gasteiger partial charge >= 0.3 is 5.69 Å². The highest BCUT2D eigenvalue weighted by Gasteiger charge is 2.17. The van der Waals surface area contributed by atoms with E-state index in [1.165, 1.54) is 4.57 Å². The van der Waals surface area contributed by atoms with Crippen LogP contribution in [0.5, 0.6) is 5.88 Å². The van der Waals surface area contributed by atoms with Gasteiger partial charge in [-0.05, 0) is 48.5 Å². The second-order valence-corrected chi connectivity index (χ2v) is 6.85. The van der Waals surface area contributed by atoms with E-state index in [0.29, 0.717) is 16.4 Å². The number of fused-ring (bicyclic) bond motifs is 1. The number of nitrogens with one attached hydrogen (secondary N) is 1. The number of benzene rings is 2. The van der Waals surface area contributed by atoms with Crippen LogP contribution in [-0.4, -0.2) is 20.9 Å². The number of hydrogen-bond donors (Lipinski definition) is 2. The van der Waals surface area contributed by atoms with Crippen LogP contribution in [0.15, 0.2) is 56.7 Å². The molecule has 124 valence electrons. The lowest BCUT2D eigenvalue weighted by Crippen LogP contribution is -2.14. The van der Waals surface area contributed by atoms with Crippen molar-refractivity contribution < 1.29 is 5.11 Å². The van der Waals surface area contributed by atoms with Crippen LogP contribution < -0.4 is 5.69 Å². The van der Waals surface area contributed by atoms with Gasteiger partial charge in [-0.15, -0.1) is 0 Å². The molecule has 0 saturated carbocycles. The predicted molar refractivity (Wildman–Crippen MR) is 103 cm³/mol. The molecule has 1 aliphatic heterocycles. The fourth-order valence-corrected chi connectivity index (χ4v) is 3.19. The SMILES string of the molecule is O=c1[nH]c(C=C2C=Nc3ccc(Br)cc32)c(O)n1-c1ccc(Cl)cc1. The number of aromatic amines is 1. The van der Waals surface area contributed by atoms with E-state index in [1.54, 1.807) is 36.6 Å². The molecule has 0 bridgehead atoms. The molecule has 5 nitrogen and oxygen atoms in total. The highest BCUT2D eigenvalue weighted by molar-refractivity contribution is 9.10. The van der Waals surface area contributed by atoms with E-state index in [9.17, 15) is 9.90 Å². The molecule has 2 aromatic carbocycles. The number of hydrogen-bond acceptors (Lipinski definition) is 3. The Bertz CT molecular complexity index is 1090. The standard InChI is InChI=1S/C18H11BrClN3O2/c19-11-1-6-15-14(8-11)10(9-21-15)7-16-17(24)23(18(25)22-16)13-4-2-12(20)3-5-13/h1-9,24H,(H,22,25). The van der Waals surface area contributed by atoms with Crippen molar-refractivity contribution in [3.63, 3.8) is 0 Å².